The van der Waals surface area contributed by atoms with Crippen LogP contribution in [0.4, 0.5) is 0 Å². The van der Waals surface area contributed by atoms with Crippen LogP contribution in [-0.2, 0) is 17.8 Å². The summed E-state index contributed by atoms with van der Waals surface area (Å²) in [6, 6.07) is 10.0. The summed E-state index contributed by atoms with van der Waals surface area (Å²) < 4.78 is 7.78. The van der Waals surface area contributed by atoms with E-state index in [1.165, 1.54) is 0 Å². The minimum absolute atomic E-state index is 0.0952. The molecule has 0 N–H and O–H groups in total. The minimum Gasteiger partial charge on any atom is -0.374 e. The lowest BCUT2D eigenvalue weighted by Crippen LogP contribution is -2.44. The van der Waals surface area contributed by atoms with E-state index in [4.69, 9.17) is 4.74 Å². The molecule has 0 unspecified atom stereocenters. The van der Waals surface area contributed by atoms with Gasteiger partial charge >= 0.3 is 0 Å². The highest BCUT2D eigenvalue weighted by molar-refractivity contribution is 5.37. The van der Waals surface area contributed by atoms with E-state index in [9.17, 15) is 5.26 Å². The van der Waals surface area contributed by atoms with Gasteiger partial charge in [-0.15, -0.1) is 0 Å². The fraction of sp³-hybridized carbons (Fsp3) is 0.471. The average molecular weight is 311 g/mol. The molecule has 1 aromatic heterocycles. The molecule has 1 aliphatic rings. The molecule has 0 saturated carbocycles. The maximum atomic E-state index is 9.22. The molecule has 2 heterocycles. The summed E-state index contributed by atoms with van der Waals surface area (Å²) in [5.74, 6) is 1.70. The highest BCUT2D eigenvalue weighted by Gasteiger charge is 2.22. The fourth-order valence-corrected chi connectivity index (χ4v) is 2.97. The second kappa shape index (κ2) is 6.90. The Kier molecular flexibility index (Phi) is 4.70. The maximum Gasteiger partial charge on any atom is 0.147 e. The highest BCUT2D eigenvalue weighted by Crippen LogP contribution is 2.15. The van der Waals surface area contributed by atoms with Gasteiger partial charge in [0.05, 0.1) is 30.9 Å². The summed E-state index contributed by atoms with van der Waals surface area (Å²) in [6.07, 6.45) is 0.0952. The van der Waals surface area contributed by atoms with E-state index in [2.05, 4.69) is 21.1 Å². The van der Waals surface area contributed by atoms with Crippen LogP contribution in [0.1, 0.15) is 22.8 Å². The van der Waals surface area contributed by atoms with E-state index in [1.807, 2.05) is 42.8 Å². The van der Waals surface area contributed by atoms with Crippen molar-refractivity contribution in [3.8, 4) is 6.07 Å². The van der Waals surface area contributed by atoms with Crippen LogP contribution in [0.15, 0.2) is 24.3 Å². The molecule has 0 radical (unpaired) electrons. The minimum atomic E-state index is 0.0952. The van der Waals surface area contributed by atoms with E-state index < -0.39 is 0 Å². The molecule has 1 fully saturated rings. The van der Waals surface area contributed by atoms with Gasteiger partial charge in [0.15, 0.2) is 0 Å². The van der Waals surface area contributed by atoms with Gasteiger partial charge in [-0.2, -0.15) is 10.4 Å². The van der Waals surface area contributed by atoms with Gasteiger partial charge in [-0.05, 0) is 25.5 Å². The number of nitrogens with zero attached hydrogens (tertiary/aromatic N) is 5. The van der Waals surface area contributed by atoms with Crippen LogP contribution in [0.2, 0.25) is 0 Å². The Bertz CT molecular complexity index is 718. The number of aromatic nitrogens is 3. The lowest BCUT2D eigenvalue weighted by atomic mass is 10.1. The zero-order valence-electron chi connectivity index (χ0n) is 13.6. The smallest absolute Gasteiger partial charge is 0.147 e. The van der Waals surface area contributed by atoms with Crippen LogP contribution in [0.25, 0.3) is 0 Å². The lowest BCUT2D eigenvalue weighted by molar-refractivity contribution is -0.0405. The van der Waals surface area contributed by atoms with Crippen LogP contribution in [-0.4, -0.2) is 45.5 Å². The topological polar surface area (TPSA) is 67.0 Å². The van der Waals surface area contributed by atoms with E-state index in [0.717, 1.165) is 42.4 Å². The zero-order valence-corrected chi connectivity index (χ0v) is 13.6. The summed E-state index contributed by atoms with van der Waals surface area (Å²) in [4.78, 5) is 6.67. The van der Waals surface area contributed by atoms with E-state index in [-0.39, 0.29) is 6.10 Å². The van der Waals surface area contributed by atoms with Crippen LogP contribution < -0.4 is 0 Å². The monoisotopic (exact) mass is 311 g/mol. The normalized spacial score (nSPS) is 18.7. The van der Waals surface area contributed by atoms with Crippen LogP contribution in [0, 0.1) is 25.2 Å². The first-order chi connectivity index (χ1) is 11.2. The first-order valence-corrected chi connectivity index (χ1v) is 7.85. The van der Waals surface area contributed by atoms with Crippen molar-refractivity contribution in [3.05, 3.63) is 47.0 Å². The third-order valence-electron chi connectivity index (χ3n) is 4.09. The number of benzene rings is 1. The number of nitriles is 1. The third kappa shape index (κ3) is 3.76. The molecule has 0 amide bonds. The van der Waals surface area contributed by atoms with E-state index in [0.29, 0.717) is 13.2 Å². The van der Waals surface area contributed by atoms with Gasteiger partial charge in [-0.1, -0.05) is 18.2 Å². The van der Waals surface area contributed by atoms with Crippen LogP contribution in [0.3, 0.4) is 0 Å². The summed E-state index contributed by atoms with van der Waals surface area (Å²) >= 11 is 0. The van der Waals surface area contributed by atoms with Gasteiger partial charge in [0.1, 0.15) is 11.6 Å². The standard InChI is InChI=1S/C17H21N5O/c1-13-19-14(2)22(20-13)12-17-11-21(7-8-23-17)10-16-6-4-3-5-15(16)9-18/h3-6,17H,7-8,10-12H2,1-2H3/t17-/m0/s1. The molecule has 0 bridgehead atoms. The Morgan fingerprint density at radius 2 is 2.17 bits per heavy atom. The molecule has 1 saturated heterocycles. The maximum absolute atomic E-state index is 9.22. The number of hydrogen-bond donors (Lipinski definition) is 0. The Morgan fingerprint density at radius 1 is 1.35 bits per heavy atom. The van der Waals surface area contributed by atoms with Crippen molar-refractivity contribution < 1.29 is 4.74 Å². The van der Waals surface area contributed by atoms with Crippen molar-refractivity contribution >= 4 is 0 Å². The predicted molar refractivity (Wildman–Crippen MR) is 85.7 cm³/mol. The SMILES string of the molecule is Cc1nc(C)n(C[C@@H]2CN(Cc3ccccc3C#N)CCO2)n1. The van der Waals surface area contributed by atoms with Gasteiger partial charge in [-0.3, -0.25) is 4.90 Å². The Hall–Kier alpha value is -2.23. The molecule has 1 aliphatic heterocycles. The predicted octanol–water partition coefficient (Wildman–Crippen LogP) is 1.67. The average Bonchev–Trinajstić information content (AvgIpc) is 2.86. The van der Waals surface area contributed by atoms with Crippen molar-refractivity contribution in [1.82, 2.24) is 19.7 Å². The van der Waals surface area contributed by atoms with Crippen molar-refractivity contribution in [2.24, 2.45) is 0 Å². The molecule has 23 heavy (non-hydrogen) atoms. The second-order valence-corrected chi connectivity index (χ2v) is 5.89. The molecule has 1 aromatic carbocycles. The summed E-state index contributed by atoms with van der Waals surface area (Å²) in [5, 5.41) is 13.6. The van der Waals surface area contributed by atoms with Crippen molar-refractivity contribution in [2.75, 3.05) is 19.7 Å². The molecule has 0 spiro atoms. The van der Waals surface area contributed by atoms with E-state index in [1.54, 1.807) is 0 Å². The van der Waals surface area contributed by atoms with Gasteiger partial charge in [-0.25, -0.2) is 9.67 Å². The Balaban J connectivity index is 1.64. The van der Waals surface area contributed by atoms with Crippen molar-refractivity contribution in [3.63, 3.8) is 0 Å². The number of aryl methyl sites for hydroxylation is 2. The molecular weight excluding hydrogens is 290 g/mol. The first-order valence-electron chi connectivity index (χ1n) is 7.85. The molecule has 0 aliphatic carbocycles. The number of morpholine rings is 1. The molecule has 1 atom stereocenters. The number of hydrogen-bond acceptors (Lipinski definition) is 5. The Labute approximate surface area is 136 Å². The first kappa shape index (κ1) is 15.7. The zero-order chi connectivity index (χ0) is 16.2. The lowest BCUT2D eigenvalue weighted by Gasteiger charge is -2.33. The van der Waals surface area contributed by atoms with Gasteiger partial charge in [0.2, 0.25) is 0 Å². The van der Waals surface area contributed by atoms with Crippen LogP contribution >= 0.6 is 0 Å². The highest BCUT2D eigenvalue weighted by atomic mass is 16.5. The summed E-state index contributed by atoms with van der Waals surface area (Å²) in [5.41, 5.74) is 1.82. The third-order valence-corrected chi connectivity index (χ3v) is 4.09. The van der Waals surface area contributed by atoms with Gasteiger partial charge in [0.25, 0.3) is 0 Å². The molecule has 2 aromatic rings. The molecule has 3 rings (SSSR count). The largest absolute Gasteiger partial charge is 0.374 e. The van der Waals surface area contributed by atoms with Gasteiger partial charge in [0, 0.05) is 19.6 Å². The Morgan fingerprint density at radius 3 is 2.91 bits per heavy atom. The molecular formula is C17H21N5O. The van der Waals surface area contributed by atoms with Crippen molar-refractivity contribution in [1.29, 1.82) is 5.26 Å². The van der Waals surface area contributed by atoms with Crippen molar-refractivity contribution in [2.45, 2.75) is 33.0 Å². The summed E-state index contributed by atoms with van der Waals surface area (Å²) in [7, 11) is 0. The fourth-order valence-electron chi connectivity index (χ4n) is 2.97. The number of rotatable bonds is 4. The van der Waals surface area contributed by atoms with Gasteiger partial charge < -0.3 is 4.74 Å². The number of ether oxygens (including phenoxy) is 1. The molecule has 6 nitrogen and oxygen atoms in total. The molecule has 6 heteroatoms. The van der Waals surface area contributed by atoms with E-state index >= 15 is 0 Å². The van der Waals surface area contributed by atoms with Crippen LogP contribution in [0.5, 0.6) is 0 Å². The second-order valence-electron chi connectivity index (χ2n) is 5.89. The summed E-state index contributed by atoms with van der Waals surface area (Å²) in [6.45, 7) is 7.76. The molecule has 120 valence electrons. The quantitative estimate of drug-likeness (QED) is 0.859.